The van der Waals surface area contributed by atoms with Gasteiger partial charge in [0.25, 0.3) is 5.91 Å². The van der Waals surface area contributed by atoms with Crippen molar-refractivity contribution >= 4 is 17.5 Å². The number of pyridine rings is 1. The monoisotopic (exact) mass is 289 g/mol. The molecule has 0 radical (unpaired) electrons. The van der Waals surface area contributed by atoms with E-state index in [0.717, 1.165) is 17.1 Å². The lowest BCUT2D eigenvalue weighted by Gasteiger charge is -2.07. The van der Waals surface area contributed by atoms with Crippen LogP contribution in [0.2, 0.25) is 5.02 Å². The quantitative estimate of drug-likeness (QED) is 0.802. The topological polar surface area (TPSA) is 54.0 Å². The number of benzene rings is 1. The molecule has 4 nitrogen and oxygen atoms in total. The fourth-order valence-corrected chi connectivity index (χ4v) is 1.83. The number of hydrogen-bond acceptors (Lipinski definition) is 3. The van der Waals surface area contributed by atoms with Gasteiger partial charge in [-0.25, -0.2) is 0 Å². The van der Waals surface area contributed by atoms with Crippen LogP contribution < -0.4 is 10.6 Å². The number of halogens is 1. The van der Waals surface area contributed by atoms with Crippen molar-refractivity contribution in [2.24, 2.45) is 0 Å². The molecule has 0 fully saturated rings. The maximum absolute atomic E-state index is 11.7. The van der Waals surface area contributed by atoms with E-state index in [4.69, 9.17) is 11.6 Å². The second-order valence-corrected chi connectivity index (χ2v) is 4.73. The minimum Gasteiger partial charge on any atom is -0.351 e. The van der Waals surface area contributed by atoms with Gasteiger partial charge in [0, 0.05) is 42.6 Å². The average Bonchev–Trinajstić information content (AvgIpc) is 2.49. The van der Waals surface area contributed by atoms with Gasteiger partial charge in [-0.05, 0) is 29.8 Å². The van der Waals surface area contributed by atoms with Crippen molar-refractivity contribution in [3.63, 3.8) is 0 Å². The van der Waals surface area contributed by atoms with E-state index >= 15 is 0 Å². The molecule has 1 aromatic heterocycles. The molecule has 2 rings (SSSR count). The third kappa shape index (κ3) is 4.64. The van der Waals surface area contributed by atoms with Crippen molar-refractivity contribution in [1.82, 2.24) is 15.6 Å². The maximum atomic E-state index is 11.7. The molecule has 1 heterocycles. The highest BCUT2D eigenvalue weighted by atomic mass is 35.5. The van der Waals surface area contributed by atoms with Gasteiger partial charge in [-0.1, -0.05) is 23.7 Å². The van der Waals surface area contributed by atoms with Gasteiger partial charge in [-0.3, -0.25) is 9.78 Å². The van der Waals surface area contributed by atoms with E-state index in [1.807, 2.05) is 24.3 Å². The minimum absolute atomic E-state index is 0.0827. The first-order chi connectivity index (χ1) is 9.75. The van der Waals surface area contributed by atoms with Gasteiger partial charge in [-0.2, -0.15) is 0 Å². The van der Waals surface area contributed by atoms with Crippen LogP contribution in [-0.4, -0.2) is 24.0 Å². The Morgan fingerprint density at radius 1 is 1.05 bits per heavy atom. The van der Waals surface area contributed by atoms with Crippen molar-refractivity contribution in [2.45, 2.75) is 6.54 Å². The van der Waals surface area contributed by atoms with E-state index in [2.05, 4.69) is 15.6 Å². The standard InChI is InChI=1S/C15H16ClN3O/c16-14-3-1-12(2-4-14)11-18-9-10-19-15(20)13-5-7-17-8-6-13/h1-8,18H,9-11H2,(H,19,20). The Morgan fingerprint density at radius 2 is 1.75 bits per heavy atom. The van der Waals surface area contributed by atoms with E-state index in [-0.39, 0.29) is 5.91 Å². The molecule has 0 bridgehead atoms. The summed E-state index contributed by atoms with van der Waals surface area (Å²) >= 11 is 5.82. The number of hydrogen-bond donors (Lipinski definition) is 2. The van der Waals surface area contributed by atoms with Crippen LogP contribution in [0.15, 0.2) is 48.8 Å². The lowest BCUT2D eigenvalue weighted by atomic mass is 10.2. The van der Waals surface area contributed by atoms with Crippen molar-refractivity contribution in [2.75, 3.05) is 13.1 Å². The molecular formula is C15H16ClN3O. The van der Waals surface area contributed by atoms with Crippen LogP contribution in [0.5, 0.6) is 0 Å². The van der Waals surface area contributed by atoms with Crippen molar-refractivity contribution in [3.05, 3.63) is 64.9 Å². The van der Waals surface area contributed by atoms with Crippen LogP contribution in [-0.2, 0) is 6.54 Å². The Labute approximate surface area is 123 Å². The predicted octanol–water partition coefficient (Wildman–Crippen LogP) is 2.25. The first-order valence-electron chi connectivity index (χ1n) is 6.39. The van der Waals surface area contributed by atoms with Crippen molar-refractivity contribution in [3.8, 4) is 0 Å². The summed E-state index contributed by atoms with van der Waals surface area (Å²) in [6, 6.07) is 11.1. The molecule has 0 aliphatic carbocycles. The summed E-state index contributed by atoms with van der Waals surface area (Å²) in [5.74, 6) is -0.0827. The number of carbonyl (C=O) groups excluding carboxylic acids is 1. The van der Waals surface area contributed by atoms with E-state index in [0.29, 0.717) is 18.7 Å². The van der Waals surface area contributed by atoms with E-state index < -0.39 is 0 Å². The molecule has 0 unspecified atom stereocenters. The Balaban J connectivity index is 1.64. The van der Waals surface area contributed by atoms with Crippen LogP contribution in [0.4, 0.5) is 0 Å². The highest BCUT2D eigenvalue weighted by Gasteiger charge is 2.02. The van der Waals surface area contributed by atoms with Crippen LogP contribution in [0.25, 0.3) is 0 Å². The molecule has 0 saturated carbocycles. The third-order valence-electron chi connectivity index (χ3n) is 2.77. The molecule has 1 aromatic carbocycles. The lowest BCUT2D eigenvalue weighted by Crippen LogP contribution is -2.31. The molecule has 2 aromatic rings. The normalized spacial score (nSPS) is 10.2. The number of nitrogens with one attached hydrogen (secondary N) is 2. The van der Waals surface area contributed by atoms with Crippen molar-refractivity contribution in [1.29, 1.82) is 0 Å². The average molecular weight is 290 g/mol. The summed E-state index contributed by atoms with van der Waals surface area (Å²) in [4.78, 5) is 15.6. The van der Waals surface area contributed by atoms with Gasteiger partial charge in [-0.15, -0.1) is 0 Å². The van der Waals surface area contributed by atoms with Crippen LogP contribution >= 0.6 is 11.6 Å². The number of rotatable bonds is 6. The van der Waals surface area contributed by atoms with E-state index in [1.54, 1.807) is 24.5 Å². The predicted molar refractivity (Wildman–Crippen MR) is 79.7 cm³/mol. The summed E-state index contributed by atoms with van der Waals surface area (Å²) in [5.41, 5.74) is 1.78. The minimum atomic E-state index is -0.0827. The summed E-state index contributed by atoms with van der Waals surface area (Å²) < 4.78 is 0. The molecule has 0 spiro atoms. The number of nitrogens with zero attached hydrogens (tertiary/aromatic N) is 1. The van der Waals surface area contributed by atoms with Gasteiger partial charge < -0.3 is 10.6 Å². The summed E-state index contributed by atoms with van der Waals surface area (Å²) in [5, 5.41) is 6.84. The lowest BCUT2D eigenvalue weighted by molar-refractivity contribution is 0.0954. The maximum Gasteiger partial charge on any atom is 0.251 e. The van der Waals surface area contributed by atoms with E-state index in [9.17, 15) is 4.79 Å². The second kappa shape index (κ2) is 7.62. The van der Waals surface area contributed by atoms with Gasteiger partial charge in [0.15, 0.2) is 0 Å². The van der Waals surface area contributed by atoms with Crippen LogP contribution in [0.1, 0.15) is 15.9 Å². The van der Waals surface area contributed by atoms with E-state index in [1.165, 1.54) is 0 Å². The summed E-state index contributed by atoms with van der Waals surface area (Å²) in [6.07, 6.45) is 3.21. The fraction of sp³-hybridized carbons (Fsp3) is 0.200. The molecule has 20 heavy (non-hydrogen) atoms. The first-order valence-corrected chi connectivity index (χ1v) is 6.77. The highest BCUT2D eigenvalue weighted by molar-refractivity contribution is 6.30. The zero-order chi connectivity index (χ0) is 14.2. The zero-order valence-electron chi connectivity index (χ0n) is 11.0. The van der Waals surface area contributed by atoms with Gasteiger partial charge in [0.2, 0.25) is 0 Å². The molecule has 0 atom stereocenters. The molecule has 2 N–H and O–H groups in total. The highest BCUT2D eigenvalue weighted by Crippen LogP contribution is 2.08. The van der Waals surface area contributed by atoms with Gasteiger partial charge in [0.1, 0.15) is 0 Å². The Morgan fingerprint density at radius 3 is 2.45 bits per heavy atom. The smallest absolute Gasteiger partial charge is 0.251 e. The molecule has 1 amide bonds. The largest absolute Gasteiger partial charge is 0.351 e. The van der Waals surface area contributed by atoms with Crippen LogP contribution in [0, 0.1) is 0 Å². The molecular weight excluding hydrogens is 274 g/mol. The fourth-order valence-electron chi connectivity index (χ4n) is 1.70. The number of amides is 1. The van der Waals surface area contributed by atoms with Crippen LogP contribution in [0.3, 0.4) is 0 Å². The molecule has 0 aliphatic heterocycles. The van der Waals surface area contributed by atoms with Gasteiger partial charge in [0.05, 0.1) is 0 Å². The third-order valence-corrected chi connectivity index (χ3v) is 3.02. The van der Waals surface area contributed by atoms with Crippen molar-refractivity contribution < 1.29 is 4.79 Å². The summed E-state index contributed by atoms with van der Waals surface area (Å²) in [6.45, 7) is 2.04. The second-order valence-electron chi connectivity index (χ2n) is 4.30. The summed E-state index contributed by atoms with van der Waals surface area (Å²) in [7, 11) is 0. The molecule has 0 aliphatic rings. The van der Waals surface area contributed by atoms with Gasteiger partial charge >= 0.3 is 0 Å². The SMILES string of the molecule is O=C(NCCNCc1ccc(Cl)cc1)c1ccncc1. The zero-order valence-corrected chi connectivity index (χ0v) is 11.7. The molecule has 0 saturated heterocycles. The first kappa shape index (κ1) is 14.5. The Kier molecular flexibility index (Phi) is 5.53. The molecule has 104 valence electrons. The number of carbonyl (C=O) groups is 1. The molecule has 5 heteroatoms. The Hall–Kier alpha value is -1.91. The number of aromatic nitrogens is 1. The Bertz CT molecular complexity index is 543.